The van der Waals surface area contributed by atoms with Gasteiger partial charge in [0.15, 0.2) is 5.96 Å². The summed E-state index contributed by atoms with van der Waals surface area (Å²) in [5.74, 6) is 0.150. The molecule has 0 spiro atoms. The molecule has 2 N–H and O–H groups in total. The predicted molar refractivity (Wildman–Crippen MR) is 98.0 cm³/mol. The maximum absolute atomic E-state index is 12.4. The van der Waals surface area contributed by atoms with Gasteiger partial charge in [-0.1, -0.05) is 18.2 Å². The number of para-hydroxylation sites is 1. The Hall–Kier alpha value is -2.01. The van der Waals surface area contributed by atoms with Crippen LogP contribution < -0.4 is 15.4 Å². The number of aliphatic imine (C=N–C) groups is 1. The SMILES string of the molecule is CCS(=O)(=O)N(C)CCCNC(=NC)NCc1ccccc1OC(F)(F)F. The van der Waals surface area contributed by atoms with E-state index in [4.69, 9.17) is 0 Å². The number of ether oxygens (including phenoxy) is 1. The Balaban J connectivity index is 2.50. The smallest absolute Gasteiger partial charge is 0.405 e. The molecule has 11 heteroatoms. The highest BCUT2D eigenvalue weighted by molar-refractivity contribution is 7.89. The summed E-state index contributed by atoms with van der Waals surface area (Å²) in [7, 11) is -0.170. The summed E-state index contributed by atoms with van der Waals surface area (Å²) in [5, 5.41) is 5.89. The fraction of sp³-hybridized carbons (Fsp3) is 0.562. The number of nitrogens with one attached hydrogen (secondary N) is 2. The predicted octanol–water partition coefficient (Wildman–Crippen LogP) is 1.92. The van der Waals surface area contributed by atoms with E-state index >= 15 is 0 Å². The van der Waals surface area contributed by atoms with Gasteiger partial charge in [0.05, 0.1) is 5.75 Å². The van der Waals surface area contributed by atoms with Gasteiger partial charge in [-0.05, 0) is 19.4 Å². The van der Waals surface area contributed by atoms with Gasteiger partial charge in [-0.25, -0.2) is 12.7 Å². The lowest BCUT2D eigenvalue weighted by Gasteiger charge is -2.17. The maximum atomic E-state index is 12.4. The van der Waals surface area contributed by atoms with E-state index in [2.05, 4.69) is 20.4 Å². The number of alkyl halides is 3. The lowest BCUT2D eigenvalue weighted by atomic mass is 10.2. The highest BCUT2D eigenvalue weighted by Gasteiger charge is 2.31. The number of halogens is 3. The van der Waals surface area contributed by atoms with Gasteiger partial charge in [0.25, 0.3) is 0 Å². The van der Waals surface area contributed by atoms with E-state index in [0.29, 0.717) is 31.0 Å². The molecule has 0 heterocycles. The van der Waals surface area contributed by atoms with Crippen molar-refractivity contribution in [1.82, 2.24) is 14.9 Å². The molecule has 1 aromatic rings. The fourth-order valence-corrected chi connectivity index (χ4v) is 2.99. The third kappa shape index (κ3) is 8.48. The first-order chi connectivity index (χ1) is 12.6. The molecule has 0 saturated heterocycles. The summed E-state index contributed by atoms with van der Waals surface area (Å²) < 4.78 is 65.9. The molecule has 0 saturated carbocycles. The fourth-order valence-electron chi connectivity index (χ4n) is 2.14. The Morgan fingerprint density at radius 1 is 1.26 bits per heavy atom. The van der Waals surface area contributed by atoms with Crippen LogP contribution in [0.2, 0.25) is 0 Å². The van der Waals surface area contributed by atoms with Crippen LogP contribution in [0, 0.1) is 0 Å². The van der Waals surface area contributed by atoms with E-state index in [9.17, 15) is 21.6 Å². The molecule has 0 aliphatic carbocycles. The van der Waals surface area contributed by atoms with Crippen LogP contribution in [0.4, 0.5) is 13.2 Å². The third-order valence-electron chi connectivity index (χ3n) is 3.65. The number of hydrogen-bond acceptors (Lipinski definition) is 4. The minimum Gasteiger partial charge on any atom is -0.405 e. The van der Waals surface area contributed by atoms with Crippen LogP contribution in [-0.2, 0) is 16.6 Å². The third-order valence-corrected chi connectivity index (χ3v) is 5.51. The van der Waals surface area contributed by atoms with Crippen molar-refractivity contribution in [1.29, 1.82) is 0 Å². The van der Waals surface area contributed by atoms with Crippen molar-refractivity contribution in [3.8, 4) is 5.75 Å². The summed E-state index contributed by atoms with van der Waals surface area (Å²) in [6.45, 7) is 2.46. The van der Waals surface area contributed by atoms with E-state index in [1.807, 2.05) is 0 Å². The summed E-state index contributed by atoms with van der Waals surface area (Å²) in [5.41, 5.74) is 0.326. The molecule has 154 valence electrons. The topological polar surface area (TPSA) is 83.0 Å². The minimum absolute atomic E-state index is 0.0412. The van der Waals surface area contributed by atoms with Gasteiger partial charge in [0.2, 0.25) is 10.0 Å². The van der Waals surface area contributed by atoms with Crippen molar-refractivity contribution in [3.63, 3.8) is 0 Å². The van der Waals surface area contributed by atoms with Gasteiger partial charge in [-0.2, -0.15) is 0 Å². The Morgan fingerprint density at radius 2 is 1.93 bits per heavy atom. The van der Waals surface area contributed by atoms with Gasteiger partial charge >= 0.3 is 6.36 Å². The van der Waals surface area contributed by atoms with Gasteiger partial charge in [-0.15, -0.1) is 13.2 Å². The molecular formula is C16H25F3N4O3S. The van der Waals surface area contributed by atoms with Gasteiger partial charge < -0.3 is 15.4 Å². The van der Waals surface area contributed by atoms with Crippen LogP contribution in [0.15, 0.2) is 29.3 Å². The number of nitrogens with zero attached hydrogens (tertiary/aromatic N) is 2. The molecule has 0 radical (unpaired) electrons. The van der Waals surface area contributed by atoms with Crippen LogP contribution in [0.5, 0.6) is 5.75 Å². The zero-order valence-corrected chi connectivity index (χ0v) is 16.3. The average molecular weight is 410 g/mol. The average Bonchev–Trinajstić information content (AvgIpc) is 2.60. The van der Waals surface area contributed by atoms with Crippen molar-refractivity contribution >= 4 is 16.0 Å². The Kier molecular flexibility index (Phi) is 8.83. The van der Waals surface area contributed by atoms with Crippen LogP contribution in [0.1, 0.15) is 18.9 Å². The molecule has 1 aromatic carbocycles. The van der Waals surface area contributed by atoms with E-state index in [1.165, 1.54) is 36.6 Å². The highest BCUT2D eigenvalue weighted by Crippen LogP contribution is 2.25. The molecule has 7 nitrogen and oxygen atoms in total. The standard InChI is InChI=1S/C16H25F3N4O3S/c1-4-27(24,25)23(3)11-7-10-21-15(20-2)22-12-13-8-5-6-9-14(13)26-16(17,18)19/h5-6,8-9H,4,7,10-12H2,1-3H3,(H2,20,21,22). The molecule has 0 bridgehead atoms. The number of sulfonamides is 1. The summed E-state index contributed by atoms with van der Waals surface area (Å²) >= 11 is 0. The van der Waals surface area contributed by atoms with Crippen molar-refractivity contribution in [2.24, 2.45) is 4.99 Å². The lowest BCUT2D eigenvalue weighted by Crippen LogP contribution is -2.38. The number of hydrogen-bond donors (Lipinski definition) is 2. The Bertz CT molecular complexity index is 724. The van der Waals surface area contributed by atoms with Gasteiger partial charge in [0.1, 0.15) is 5.75 Å². The van der Waals surface area contributed by atoms with E-state index in [0.717, 1.165) is 0 Å². The molecule has 27 heavy (non-hydrogen) atoms. The first-order valence-electron chi connectivity index (χ1n) is 8.31. The first-order valence-corrected chi connectivity index (χ1v) is 9.92. The van der Waals surface area contributed by atoms with E-state index in [-0.39, 0.29) is 18.0 Å². The first kappa shape index (κ1) is 23.0. The van der Waals surface area contributed by atoms with Gasteiger partial charge in [-0.3, -0.25) is 4.99 Å². The van der Waals surface area contributed by atoms with Crippen LogP contribution >= 0.6 is 0 Å². The molecule has 0 fully saturated rings. The Morgan fingerprint density at radius 3 is 2.52 bits per heavy atom. The monoisotopic (exact) mass is 410 g/mol. The summed E-state index contributed by atoms with van der Waals surface area (Å²) in [6, 6.07) is 5.83. The summed E-state index contributed by atoms with van der Waals surface area (Å²) in [4.78, 5) is 3.99. The molecule has 0 amide bonds. The second-order valence-electron chi connectivity index (χ2n) is 5.58. The molecule has 0 aliphatic heterocycles. The number of rotatable bonds is 9. The van der Waals surface area contributed by atoms with Crippen molar-refractivity contribution in [2.45, 2.75) is 26.3 Å². The lowest BCUT2D eigenvalue weighted by molar-refractivity contribution is -0.274. The maximum Gasteiger partial charge on any atom is 0.573 e. The Labute approximate surface area is 157 Å². The molecule has 0 aliphatic rings. The van der Waals surface area contributed by atoms with E-state index < -0.39 is 16.4 Å². The van der Waals surface area contributed by atoms with Gasteiger partial charge in [0, 0.05) is 39.3 Å². The molecular weight excluding hydrogens is 385 g/mol. The molecule has 0 unspecified atom stereocenters. The quantitative estimate of drug-likeness (QED) is 0.369. The largest absolute Gasteiger partial charge is 0.573 e. The molecule has 0 atom stereocenters. The second kappa shape index (κ2) is 10.4. The number of benzene rings is 1. The number of guanidine groups is 1. The van der Waals surface area contributed by atoms with Crippen LogP contribution in [0.25, 0.3) is 0 Å². The second-order valence-corrected chi connectivity index (χ2v) is 7.95. The normalized spacial score (nSPS) is 12.9. The zero-order valence-electron chi connectivity index (χ0n) is 15.5. The highest BCUT2D eigenvalue weighted by atomic mass is 32.2. The summed E-state index contributed by atoms with van der Waals surface area (Å²) in [6.07, 6.45) is -4.22. The minimum atomic E-state index is -4.76. The van der Waals surface area contributed by atoms with Crippen molar-refractivity contribution in [3.05, 3.63) is 29.8 Å². The zero-order chi connectivity index (χ0) is 20.5. The van der Waals surface area contributed by atoms with Crippen molar-refractivity contribution in [2.75, 3.05) is 32.9 Å². The van der Waals surface area contributed by atoms with E-state index in [1.54, 1.807) is 13.0 Å². The van der Waals surface area contributed by atoms with Crippen LogP contribution in [0.3, 0.4) is 0 Å². The van der Waals surface area contributed by atoms with Crippen molar-refractivity contribution < 1.29 is 26.3 Å². The van der Waals surface area contributed by atoms with Crippen LogP contribution in [-0.4, -0.2) is 58.0 Å². The molecule has 1 rings (SSSR count). The molecule has 0 aromatic heterocycles.